The molecule has 0 aliphatic heterocycles. The van der Waals surface area contributed by atoms with Crippen molar-refractivity contribution in [2.45, 2.75) is 110 Å². The Labute approximate surface area is 187 Å². The highest BCUT2D eigenvalue weighted by molar-refractivity contribution is 5.83. The number of hydrogen-bond acceptors (Lipinski definition) is 3. The lowest BCUT2D eigenvalue weighted by Gasteiger charge is -2.09. The first kappa shape index (κ1) is 25.4. The molecule has 3 nitrogen and oxygen atoms in total. The van der Waals surface area contributed by atoms with Crippen molar-refractivity contribution in [1.29, 1.82) is 0 Å². The molecule has 0 aliphatic carbocycles. The Hall–Kier alpha value is -1.84. The fraction of sp³-hybridized carbons (Fsp3) is 0.667. The number of unbranched alkanes of at least 4 members (excludes halogenated alkanes) is 12. The number of halogens is 1. The van der Waals surface area contributed by atoms with Gasteiger partial charge in [-0.15, -0.1) is 0 Å². The van der Waals surface area contributed by atoms with Crippen molar-refractivity contribution < 1.29 is 13.5 Å². The highest BCUT2D eigenvalue weighted by atomic mass is 19.1. The third-order valence-corrected chi connectivity index (χ3v) is 5.92. The van der Waals surface area contributed by atoms with Gasteiger partial charge in [0.2, 0.25) is 0 Å². The van der Waals surface area contributed by atoms with E-state index in [9.17, 15) is 9.18 Å². The lowest BCUT2D eigenvalue weighted by Crippen LogP contribution is -2.07. The van der Waals surface area contributed by atoms with Gasteiger partial charge in [0.05, 0.1) is 6.61 Å². The normalized spacial score (nSPS) is 11.3. The van der Waals surface area contributed by atoms with Crippen molar-refractivity contribution in [2.24, 2.45) is 0 Å². The average molecular weight is 433 g/mol. The van der Waals surface area contributed by atoms with E-state index in [0.717, 1.165) is 32.1 Å². The van der Waals surface area contributed by atoms with Gasteiger partial charge in [-0.2, -0.15) is 0 Å². The summed E-state index contributed by atoms with van der Waals surface area (Å²) in [5.74, 6) is 0.181. The van der Waals surface area contributed by atoms with E-state index in [1.807, 2.05) is 0 Å². The van der Waals surface area contributed by atoms with Gasteiger partial charge < -0.3 is 9.15 Å². The van der Waals surface area contributed by atoms with Crippen LogP contribution in [0, 0.1) is 5.82 Å². The number of fused-ring (bicyclic) bond motifs is 1. The standard InChI is InChI=1S/C27H41FO3/c1-3-5-7-9-10-11-12-13-15-17-23-21-22-18-19-24(26(28)25(22)27(29)31-23)30-20-16-14-8-6-4-2/h18-19,21H,3-17,20H2,1-2H3. The largest absolute Gasteiger partial charge is 0.490 e. The Morgan fingerprint density at radius 2 is 1.39 bits per heavy atom. The van der Waals surface area contributed by atoms with Gasteiger partial charge >= 0.3 is 5.63 Å². The summed E-state index contributed by atoms with van der Waals surface area (Å²) < 4.78 is 25.8. The average Bonchev–Trinajstić information content (AvgIpc) is 2.76. The van der Waals surface area contributed by atoms with Crippen LogP contribution < -0.4 is 10.4 Å². The quantitative estimate of drug-likeness (QED) is 0.236. The molecule has 0 saturated carbocycles. The second-order valence-electron chi connectivity index (χ2n) is 8.68. The number of ether oxygens (including phenoxy) is 1. The molecule has 0 fully saturated rings. The van der Waals surface area contributed by atoms with Crippen LogP contribution in [0.15, 0.2) is 27.4 Å². The summed E-state index contributed by atoms with van der Waals surface area (Å²) in [6, 6.07) is 5.20. The summed E-state index contributed by atoms with van der Waals surface area (Å²) in [5, 5.41) is 0.592. The summed E-state index contributed by atoms with van der Waals surface area (Å²) >= 11 is 0. The topological polar surface area (TPSA) is 39.4 Å². The first-order chi connectivity index (χ1) is 15.2. The molecule has 0 amide bonds. The van der Waals surface area contributed by atoms with Gasteiger partial charge in [-0.05, 0) is 30.4 Å². The summed E-state index contributed by atoms with van der Waals surface area (Å²) in [4.78, 5) is 12.4. The smallest absolute Gasteiger partial charge is 0.346 e. The maximum absolute atomic E-state index is 14.8. The molecule has 1 aromatic heterocycles. The van der Waals surface area contributed by atoms with Crippen molar-refractivity contribution in [3.63, 3.8) is 0 Å². The first-order valence-corrected chi connectivity index (χ1v) is 12.5. The predicted octanol–water partition coefficient (Wildman–Crippen LogP) is 8.35. The molecular weight excluding hydrogens is 391 g/mol. The highest BCUT2D eigenvalue weighted by Gasteiger charge is 2.14. The molecular formula is C27H41FO3. The lowest BCUT2D eigenvalue weighted by atomic mass is 10.1. The SMILES string of the molecule is CCCCCCCCCCCc1cc2ccc(OCCCCCCC)c(F)c2c(=O)o1. The number of rotatable bonds is 17. The van der Waals surface area contributed by atoms with Gasteiger partial charge in [-0.1, -0.05) is 97.0 Å². The van der Waals surface area contributed by atoms with E-state index in [1.165, 1.54) is 64.2 Å². The van der Waals surface area contributed by atoms with Crippen LogP contribution in [0.2, 0.25) is 0 Å². The maximum atomic E-state index is 14.8. The summed E-state index contributed by atoms with van der Waals surface area (Å²) in [6.07, 6.45) is 17.5. The third-order valence-electron chi connectivity index (χ3n) is 5.92. The molecule has 1 aromatic carbocycles. The first-order valence-electron chi connectivity index (χ1n) is 12.5. The fourth-order valence-corrected chi connectivity index (χ4v) is 4.00. The van der Waals surface area contributed by atoms with E-state index >= 15 is 0 Å². The van der Waals surface area contributed by atoms with Crippen LogP contribution in [0.5, 0.6) is 5.75 Å². The zero-order chi connectivity index (χ0) is 22.3. The zero-order valence-electron chi connectivity index (χ0n) is 19.6. The predicted molar refractivity (Wildman–Crippen MR) is 128 cm³/mol. The van der Waals surface area contributed by atoms with E-state index in [4.69, 9.17) is 9.15 Å². The monoisotopic (exact) mass is 432 g/mol. The number of aryl methyl sites for hydroxylation is 1. The van der Waals surface area contributed by atoms with E-state index in [-0.39, 0.29) is 11.1 Å². The van der Waals surface area contributed by atoms with Gasteiger partial charge in [-0.25, -0.2) is 9.18 Å². The zero-order valence-corrected chi connectivity index (χ0v) is 19.6. The van der Waals surface area contributed by atoms with Crippen LogP contribution >= 0.6 is 0 Å². The van der Waals surface area contributed by atoms with Crippen molar-refractivity contribution in [3.05, 3.63) is 40.2 Å². The van der Waals surface area contributed by atoms with Crippen LogP contribution in [0.4, 0.5) is 4.39 Å². The molecule has 4 heteroatoms. The lowest BCUT2D eigenvalue weighted by molar-refractivity contribution is 0.291. The summed E-state index contributed by atoms with van der Waals surface area (Å²) in [5.41, 5.74) is -0.602. The molecule has 174 valence electrons. The second kappa shape index (κ2) is 15.0. The molecule has 0 radical (unpaired) electrons. The van der Waals surface area contributed by atoms with Crippen LogP contribution in [-0.2, 0) is 6.42 Å². The summed E-state index contributed by atoms with van der Waals surface area (Å²) in [6.45, 7) is 4.88. The van der Waals surface area contributed by atoms with Crippen LogP contribution in [0.25, 0.3) is 10.8 Å². The highest BCUT2D eigenvalue weighted by Crippen LogP contribution is 2.25. The molecule has 0 bridgehead atoms. The Kier molecular flexibility index (Phi) is 12.3. The van der Waals surface area contributed by atoms with Crippen molar-refractivity contribution in [3.8, 4) is 5.75 Å². The van der Waals surface area contributed by atoms with Crippen LogP contribution in [0.1, 0.15) is 109 Å². The van der Waals surface area contributed by atoms with Crippen LogP contribution in [0.3, 0.4) is 0 Å². The third kappa shape index (κ3) is 9.04. The molecule has 2 aromatic rings. The van der Waals surface area contributed by atoms with Crippen molar-refractivity contribution >= 4 is 10.8 Å². The van der Waals surface area contributed by atoms with E-state index in [1.54, 1.807) is 18.2 Å². The molecule has 31 heavy (non-hydrogen) atoms. The molecule has 0 unspecified atom stereocenters. The van der Waals surface area contributed by atoms with Crippen molar-refractivity contribution in [1.82, 2.24) is 0 Å². The molecule has 0 saturated heterocycles. The van der Waals surface area contributed by atoms with Crippen LogP contribution in [-0.4, -0.2) is 6.61 Å². The molecule has 0 N–H and O–H groups in total. The Balaban J connectivity index is 1.81. The molecule has 0 spiro atoms. The van der Waals surface area contributed by atoms with E-state index in [0.29, 0.717) is 17.8 Å². The van der Waals surface area contributed by atoms with Gasteiger partial charge in [0, 0.05) is 6.42 Å². The minimum absolute atomic E-state index is 0.000637. The summed E-state index contributed by atoms with van der Waals surface area (Å²) in [7, 11) is 0. The maximum Gasteiger partial charge on any atom is 0.346 e. The number of hydrogen-bond donors (Lipinski definition) is 0. The molecule has 0 atom stereocenters. The Morgan fingerprint density at radius 3 is 2.03 bits per heavy atom. The minimum atomic E-state index is -0.602. The van der Waals surface area contributed by atoms with Gasteiger partial charge in [0.15, 0.2) is 11.6 Å². The Morgan fingerprint density at radius 1 is 0.806 bits per heavy atom. The van der Waals surface area contributed by atoms with E-state index < -0.39 is 11.4 Å². The second-order valence-corrected chi connectivity index (χ2v) is 8.68. The molecule has 2 rings (SSSR count). The Bertz CT molecular complexity index is 812. The van der Waals surface area contributed by atoms with Gasteiger partial charge in [-0.3, -0.25) is 0 Å². The number of benzene rings is 1. The minimum Gasteiger partial charge on any atom is -0.490 e. The van der Waals surface area contributed by atoms with Gasteiger partial charge in [0.1, 0.15) is 11.1 Å². The van der Waals surface area contributed by atoms with Gasteiger partial charge in [0.25, 0.3) is 0 Å². The molecule has 0 aliphatic rings. The van der Waals surface area contributed by atoms with Crippen molar-refractivity contribution in [2.75, 3.05) is 6.61 Å². The fourth-order valence-electron chi connectivity index (χ4n) is 4.00. The molecule has 1 heterocycles. The van der Waals surface area contributed by atoms with E-state index in [2.05, 4.69) is 13.8 Å².